The number of nitrogens with zero attached hydrogens (tertiary/aromatic N) is 5. The van der Waals surface area contributed by atoms with Gasteiger partial charge in [0.1, 0.15) is 5.82 Å². The van der Waals surface area contributed by atoms with Gasteiger partial charge in [-0.25, -0.2) is 0 Å². The Morgan fingerprint density at radius 3 is 2.88 bits per heavy atom. The number of H-pyrrole nitrogens is 1. The lowest BCUT2D eigenvalue weighted by Crippen LogP contribution is -2.41. The van der Waals surface area contributed by atoms with Gasteiger partial charge >= 0.3 is 0 Å². The van der Waals surface area contributed by atoms with E-state index < -0.39 is 0 Å². The van der Waals surface area contributed by atoms with Crippen molar-refractivity contribution in [2.75, 3.05) is 6.54 Å². The Hall–Kier alpha value is -2.18. The molecule has 0 aromatic carbocycles. The first-order valence-electron chi connectivity index (χ1n) is 9.81. The minimum atomic E-state index is 0.185. The van der Waals surface area contributed by atoms with Gasteiger partial charge in [0.15, 0.2) is 5.82 Å². The van der Waals surface area contributed by atoms with Crippen LogP contribution in [0.2, 0.25) is 0 Å². The van der Waals surface area contributed by atoms with E-state index in [0.29, 0.717) is 18.9 Å². The van der Waals surface area contributed by atoms with E-state index >= 15 is 0 Å². The zero-order valence-corrected chi connectivity index (χ0v) is 16.0. The smallest absolute Gasteiger partial charge is 0.223 e. The summed E-state index contributed by atoms with van der Waals surface area (Å²) in [5.74, 6) is 2.44. The van der Waals surface area contributed by atoms with Gasteiger partial charge in [-0.3, -0.25) is 9.89 Å². The second-order valence-corrected chi connectivity index (χ2v) is 7.96. The van der Waals surface area contributed by atoms with E-state index in [2.05, 4.69) is 45.7 Å². The Kier molecular flexibility index (Phi) is 4.54. The SMILES string of the molecule is CC(C)c1nnc2n1[C@@H](C)CN(C(=O)CCc1n[nH]c3c1CCCC3)C2. The molecule has 7 nitrogen and oxygen atoms in total. The summed E-state index contributed by atoms with van der Waals surface area (Å²) in [5.41, 5.74) is 3.72. The molecule has 0 unspecified atom stereocenters. The molecule has 1 aliphatic carbocycles. The molecule has 0 spiro atoms. The standard InChI is InChI=1S/C19H28N6O/c1-12(2)19-23-22-17-11-24(10-13(3)25(17)19)18(26)9-8-16-14-6-4-5-7-15(14)20-21-16/h12-13H,4-11H2,1-3H3,(H,20,21)/t13-/m0/s1. The number of aromatic nitrogens is 5. The van der Waals surface area contributed by atoms with Crippen molar-refractivity contribution in [1.82, 2.24) is 29.9 Å². The van der Waals surface area contributed by atoms with Gasteiger partial charge in [0.25, 0.3) is 0 Å². The van der Waals surface area contributed by atoms with Crippen molar-refractivity contribution in [2.24, 2.45) is 0 Å². The van der Waals surface area contributed by atoms with Crippen molar-refractivity contribution in [3.8, 4) is 0 Å². The molecule has 4 rings (SSSR count). The van der Waals surface area contributed by atoms with Gasteiger partial charge in [0.05, 0.1) is 18.3 Å². The van der Waals surface area contributed by atoms with E-state index in [1.165, 1.54) is 24.1 Å². The zero-order valence-electron chi connectivity index (χ0n) is 16.0. The number of aryl methyl sites for hydroxylation is 2. The van der Waals surface area contributed by atoms with Crippen LogP contribution in [0.15, 0.2) is 0 Å². The molecule has 140 valence electrons. The lowest BCUT2D eigenvalue weighted by atomic mass is 9.94. The van der Waals surface area contributed by atoms with E-state index in [0.717, 1.165) is 43.1 Å². The molecule has 3 heterocycles. The Bertz CT molecular complexity index is 805. The van der Waals surface area contributed by atoms with E-state index in [4.69, 9.17) is 0 Å². The number of carbonyl (C=O) groups excluding carboxylic acids is 1. The maximum atomic E-state index is 12.8. The van der Waals surface area contributed by atoms with Gasteiger partial charge in [-0.05, 0) is 38.2 Å². The number of hydrogen-bond acceptors (Lipinski definition) is 4. The number of hydrogen-bond donors (Lipinski definition) is 1. The van der Waals surface area contributed by atoms with E-state index in [1.807, 2.05) is 4.90 Å². The van der Waals surface area contributed by atoms with Gasteiger partial charge in [-0.1, -0.05) is 13.8 Å². The van der Waals surface area contributed by atoms with Crippen molar-refractivity contribution < 1.29 is 4.79 Å². The van der Waals surface area contributed by atoms with Gasteiger partial charge in [-0.2, -0.15) is 5.10 Å². The van der Waals surface area contributed by atoms with Gasteiger partial charge in [-0.15, -0.1) is 10.2 Å². The summed E-state index contributed by atoms with van der Waals surface area (Å²) in [6.45, 7) is 7.68. The number of nitrogens with one attached hydrogen (secondary N) is 1. The molecule has 26 heavy (non-hydrogen) atoms. The summed E-state index contributed by atoms with van der Waals surface area (Å²) in [6, 6.07) is 0.216. The fraction of sp³-hybridized carbons (Fsp3) is 0.684. The van der Waals surface area contributed by atoms with E-state index in [1.54, 1.807) is 0 Å². The summed E-state index contributed by atoms with van der Waals surface area (Å²) >= 11 is 0. The van der Waals surface area contributed by atoms with Crippen molar-refractivity contribution in [2.45, 2.75) is 77.8 Å². The molecule has 0 fully saturated rings. The highest BCUT2D eigenvalue weighted by Crippen LogP contribution is 2.26. The first kappa shape index (κ1) is 17.2. The summed E-state index contributed by atoms with van der Waals surface area (Å²) in [4.78, 5) is 14.7. The molecule has 7 heteroatoms. The Morgan fingerprint density at radius 2 is 2.08 bits per heavy atom. The summed E-state index contributed by atoms with van der Waals surface area (Å²) in [6.07, 6.45) is 5.88. The third-order valence-electron chi connectivity index (χ3n) is 5.64. The van der Waals surface area contributed by atoms with Crippen LogP contribution in [0.25, 0.3) is 0 Å². The molecule has 0 bridgehead atoms. The van der Waals surface area contributed by atoms with Crippen molar-refractivity contribution >= 4 is 5.91 Å². The first-order chi connectivity index (χ1) is 12.5. The Labute approximate surface area is 154 Å². The molecule has 2 aromatic heterocycles. The van der Waals surface area contributed by atoms with Crippen molar-refractivity contribution in [3.05, 3.63) is 28.6 Å². The average Bonchev–Trinajstić information content (AvgIpc) is 3.24. The zero-order chi connectivity index (χ0) is 18.3. The number of aromatic amines is 1. The minimum absolute atomic E-state index is 0.185. The fourth-order valence-electron chi connectivity index (χ4n) is 4.28. The van der Waals surface area contributed by atoms with E-state index in [-0.39, 0.29) is 11.9 Å². The molecule has 0 saturated carbocycles. The largest absolute Gasteiger partial charge is 0.333 e. The second-order valence-electron chi connectivity index (χ2n) is 7.96. The summed E-state index contributed by atoms with van der Waals surface area (Å²) in [7, 11) is 0. The molecular weight excluding hydrogens is 328 g/mol. The maximum Gasteiger partial charge on any atom is 0.223 e. The highest BCUT2D eigenvalue weighted by molar-refractivity contribution is 5.76. The van der Waals surface area contributed by atoms with Crippen LogP contribution >= 0.6 is 0 Å². The normalized spacial score (nSPS) is 19.5. The quantitative estimate of drug-likeness (QED) is 0.913. The van der Waals surface area contributed by atoms with Crippen LogP contribution in [0, 0.1) is 0 Å². The van der Waals surface area contributed by atoms with Gasteiger partial charge in [0.2, 0.25) is 5.91 Å². The van der Waals surface area contributed by atoms with Gasteiger partial charge < -0.3 is 9.47 Å². The van der Waals surface area contributed by atoms with Crippen LogP contribution in [0.1, 0.15) is 80.6 Å². The number of fused-ring (bicyclic) bond motifs is 2. The van der Waals surface area contributed by atoms with Crippen LogP contribution in [-0.2, 0) is 30.6 Å². The van der Waals surface area contributed by atoms with Crippen LogP contribution in [0.5, 0.6) is 0 Å². The molecule has 2 aliphatic rings. The Morgan fingerprint density at radius 1 is 1.27 bits per heavy atom. The number of amides is 1. The topological polar surface area (TPSA) is 79.7 Å². The summed E-state index contributed by atoms with van der Waals surface area (Å²) < 4.78 is 2.21. The van der Waals surface area contributed by atoms with Crippen LogP contribution in [-0.4, -0.2) is 42.3 Å². The molecule has 0 radical (unpaired) electrons. The van der Waals surface area contributed by atoms with Crippen LogP contribution in [0.3, 0.4) is 0 Å². The first-order valence-corrected chi connectivity index (χ1v) is 9.81. The molecule has 1 amide bonds. The monoisotopic (exact) mass is 356 g/mol. The summed E-state index contributed by atoms with van der Waals surface area (Å²) in [5, 5.41) is 16.3. The second kappa shape index (κ2) is 6.85. The highest BCUT2D eigenvalue weighted by Gasteiger charge is 2.30. The molecular formula is C19H28N6O. The molecule has 1 N–H and O–H groups in total. The lowest BCUT2D eigenvalue weighted by Gasteiger charge is -2.33. The average molecular weight is 356 g/mol. The number of rotatable bonds is 4. The molecule has 2 aromatic rings. The predicted molar refractivity (Wildman–Crippen MR) is 97.8 cm³/mol. The van der Waals surface area contributed by atoms with Crippen LogP contribution in [0.4, 0.5) is 0 Å². The molecule has 0 saturated heterocycles. The Balaban J connectivity index is 1.42. The maximum absolute atomic E-state index is 12.8. The van der Waals surface area contributed by atoms with E-state index in [9.17, 15) is 4.79 Å². The minimum Gasteiger partial charge on any atom is -0.333 e. The van der Waals surface area contributed by atoms with Gasteiger partial charge in [0, 0.05) is 31.0 Å². The third-order valence-corrected chi connectivity index (χ3v) is 5.64. The highest BCUT2D eigenvalue weighted by atomic mass is 16.2. The predicted octanol–water partition coefficient (Wildman–Crippen LogP) is 2.54. The fourth-order valence-corrected chi connectivity index (χ4v) is 4.28. The lowest BCUT2D eigenvalue weighted by molar-refractivity contribution is -0.133. The molecule has 1 atom stereocenters. The third kappa shape index (κ3) is 3.04. The van der Waals surface area contributed by atoms with Crippen LogP contribution < -0.4 is 0 Å². The molecule has 1 aliphatic heterocycles. The van der Waals surface area contributed by atoms with Crippen molar-refractivity contribution in [3.63, 3.8) is 0 Å². The van der Waals surface area contributed by atoms with Crippen molar-refractivity contribution in [1.29, 1.82) is 0 Å². The number of carbonyl (C=O) groups is 1.